The molecule has 4 rings (SSSR count). The van der Waals surface area contributed by atoms with Crippen molar-refractivity contribution in [3.63, 3.8) is 0 Å². The third-order valence-corrected chi connectivity index (χ3v) is 9.24. The van der Waals surface area contributed by atoms with E-state index in [4.69, 9.17) is 23.2 Å². The van der Waals surface area contributed by atoms with Crippen LogP contribution < -0.4 is 0 Å². The summed E-state index contributed by atoms with van der Waals surface area (Å²) < 4.78 is 0. The van der Waals surface area contributed by atoms with Crippen LogP contribution in [0.3, 0.4) is 0 Å². The molecule has 0 aromatic carbocycles. The van der Waals surface area contributed by atoms with E-state index in [9.17, 15) is 15.0 Å². The largest absolute Gasteiger partial charge is 0.392 e. The smallest absolute Gasteiger partial charge is 0.178 e. The Hall–Kier alpha value is -0.350. The normalized spacial score (nSPS) is 57.6. The number of aliphatic hydroxyl groups is 2. The highest BCUT2D eigenvalue weighted by molar-refractivity contribution is 6.28. The molecular formula is C20H26Cl2O3. The van der Waals surface area contributed by atoms with Crippen molar-refractivity contribution in [1.29, 1.82) is 0 Å². The fourth-order valence-electron chi connectivity index (χ4n) is 6.55. The van der Waals surface area contributed by atoms with E-state index in [0.29, 0.717) is 12.8 Å². The molecule has 0 bridgehead atoms. The lowest BCUT2D eigenvalue weighted by Crippen LogP contribution is -2.67. The molecule has 0 aromatic rings. The predicted molar refractivity (Wildman–Crippen MR) is 98.7 cm³/mol. The van der Waals surface area contributed by atoms with E-state index in [1.165, 1.54) is 0 Å². The number of halogens is 2. The summed E-state index contributed by atoms with van der Waals surface area (Å²) in [5, 5.41) is 21.7. The van der Waals surface area contributed by atoms with Crippen LogP contribution in [0.15, 0.2) is 23.8 Å². The minimum atomic E-state index is -0.907. The first-order valence-electron chi connectivity index (χ1n) is 9.20. The maximum absolute atomic E-state index is 11.9. The molecule has 0 saturated heterocycles. The van der Waals surface area contributed by atoms with E-state index in [0.717, 1.165) is 12.0 Å². The molecule has 0 aromatic heterocycles. The second kappa shape index (κ2) is 5.34. The number of allylic oxidation sites excluding steroid dienone is 4. The number of hydrogen-bond donors (Lipinski definition) is 2. The van der Waals surface area contributed by atoms with Gasteiger partial charge in [-0.3, -0.25) is 4.79 Å². The van der Waals surface area contributed by atoms with E-state index >= 15 is 0 Å². The topological polar surface area (TPSA) is 57.5 Å². The number of carbonyl (C=O) groups excluding carboxylic acids is 1. The average molecular weight is 385 g/mol. The highest BCUT2D eigenvalue weighted by Crippen LogP contribution is 2.69. The van der Waals surface area contributed by atoms with Crippen LogP contribution in [-0.2, 0) is 4.79 Å². The molecule has 0 heterocycles. The van der Waals surface area contributed by atoms with E-state index in [-0.39, 0.29) is 34.3 Å². The van der Waals surface area contributed by atoms with Crippen molar-refractivity contribution < 1.29 is 15.0 Å². The number of aliphatic hydroxyl groups excluding tert-OH is 2. The highest BCUT2D eigenvalue weighted by atomic mass is 35.5. The first-order chi connectivity index (χ1) is 11.6. The van der Waals surface area contributed by atoms with Crippen LogP contribution in [0, 0.1) is 28.6 Å². The maximum atomic E-state index is 11.9. The summed E-state index contributed by atoms with van der Waals surface area (Å²) in [5.41, 5.74) is -0.179. The number of carbonyl (C=O) groups is 1. The fraction of sp³-hybridized carbons (Fsp3) is 0.750. The summed E-state index contributed by atoms with van der Waals surface area (Å²) in [6.45, 7) is 6.16. The predicted octanol–water partition coefficient (Wildman–Crippen LogP) is 3.45. The molecule has 3 fully saturated rings. The Morgan fingerprint density at radius 2 is 1.88 bits per heavy atom. The van der Waals surface area contributed by atoms with E-state index in [1.807, 2.05) is 13.0 Å². The molecule has 0 amide bonds. The second-order valence-electron chi connectivity index (χ2n) is 9.11. The molecule has 4 aliphatic carbocycles. The van der Waals surface area contributed by atoms with Crippen LogP contribution in [0.4, 0.5) is 0 Å². The van der Waals surface area contributed by atoms with E-state index < -0.39 is 22.5 Å². The summed E-state index contributed by atoms with van der Waals surface area (Å²) in [6, 6.07) is 0. The zero-order valence-corrected chi connectivity index (χ0v) is 16.4. The van der Waals surface area contributed by atoms with E-state index in [2.05, 4.69) is 13.8 Å². The molecule has 0 unspecified atom stereocenters. The monoisotopic (exact) mass is 384 g/mol. The van der Waals surface area contributed by atoms with Crippen molar-refractivity contribution in [1.82, 2.24) is 0 Å². The van der Waals surface area contributed by atoms with Gasteiger partial charge in [-0.15, -0.1) is 23.2 Å². The van der Waals surface area contributed by atoms with Crippen molar-refractivity contribution in [2.45, 2.75) is 62.5 Å². The third-order valence-electron chi connectivity index (χ3n) is 7.90. The Labute approximate surface area is 159 Å². The van der Waals surface area contributed by atoms with Gasteiger partial charge in [0.25, 0.3) is 0 Å². The number of fused-ring (bicyclic) bond motifs is 5. The molecule has 5 heteroatoms. The van der Waals surface area contributed by atoms with E-state index in [1.54, 1.807) is 12.2 Å². The molecule has 9 atom stereocenters. The van der Waals surface area contributed by atoms with Gasteiger partial charge in [0.05, 0.1) is 22.5 Å². The zero-order valence-electron chi connectivity index (χ0n) is 14.9. The number of hydrogen-bond acceptors (Lipinski definition) is 3. The molecule has 2 N–H and O–H groups in total. The first-order valence-corrected chi connectivity index (χ1v) is 10.0. The molecule has 0 radical (unpaired) electrons. The lowest BCUT2D eigenvalue weighted by atomic mass is 9.47. The van der Waals surface area contributed by atoms with Crippen LogP contribution in [0.2, 0.25) is 0 Å². The Balaban J connectivity index is 1.86. The van der Waals surface area contributed by atoms with Gasteiger partial charge in [0.1, 0.15) is 0 Å². The van der Waals surface area contributed by atoms with Gasteiger partial charge in [-0.25, -0.2) is 0 Å². The highest BCUT2D eigenvalue weighted by Gasteiger charge is 2.70. The SMILES string of the molecule is C[C@@H]1C[C@H]2[C@@H]3C[C@H](Cl)C4=CC(=O)C=C[C@]4(C)[C@@]3(Cl)[C@@H](O)C[C@]2(C)[C@@H]1O. The van der Waals surface area contributed by atoms with Crippen LogP contribution >= 0.6 is 23.2 Å². The quantitative estimate of drug-likeness (QED) is 0.628. The molecule has 3 nitrogen and oxygen atoms in total. The molecule has 0 aliphatic heterocycles. The second-order valence-corrected chi connectivity index (χ2v) is 10.3. The first kappa shape index (κ1) is 18.0. The molecular weight excluding hydrogens is 359 g/mol. The maximum Gasteiger partial charge on any atom is 0.178 e. The number of rotatable bonds is 0. The minimum absolute atomic E-state index is 0.00924. The van der Waals surface area contributed by atoms with Crippen LogP contribution in [0.25, 0.3) is 0 Å². The summed E-state index contributed by atoms with van der Waals surface area (Å²) in [4.78, 5) is 11.0. The molecule has 0 spiro atoms. The van der Waals surface area contributed by atoms with Gasteiger partial charge in [-0.05, 0) is 60.2 Å². The average Bonchev–Trinajstić information content (AvgIpc) is 2.76. The van der Waals surface area contributed by atoms with Gasteiger partial charge in [-0.2, -0.15) is 0 Å². The lowest BCUT2D eigenvalue weighted by molar-refractivity contribution is -0.118. The van der Waals surface area contributed by atoms with Gasteiger partial charge in [0.15, 0.2) is 5.78 Å². The summed E-state index contributed by atoms with van der Waals surface area (Å²) >= 11 is 14.0. The summed E-state index contributed by atoms with van der Waals surface area (Å²) in [5.74, 6) is 0.314. The van der Waals surface area contributed by atoms with Crippen molar-refractivity contribution >= 4 is 29.0 Å². The molecule has 25 heavy (non-hydrogen) atoms. The molecule has 3 saturated carbocycles. The van der Waals surface area contributed by atoms with Crippen molar-refractivity contribution in [2.24, 2.45) is 28.6 Å². The zero-order chi connectivity index (χ0) is 18.4. The van der Waals surface area contributed by atoms with Gasteiger partial charge in [0, 0.05) is 5.41 Å². The van der Waals surface area contributed by atoms with Gasteiger partial charge in [-0.1, -0.05) is 26.8 Å². The van der Waals surface area contributed by atoms with Crippen LogP contribution in [0.1, 0.15) is 40.0 Å². The van der Waals surface area contributed by atoms with Gasteiger partial charge in [0.2, 0.25) is 0 Å². The van der Waals surface area contributed by atoms with Crippen molar-refractivity contribution in [3.8, 4) is 0 Å². The Morgan fingerprint density at radius 3 is 2.56 bits per heavy atom. The van der Waals surface area contributed by atoms with Crippen molar-refractivity contribution in [2.75, 3.05) is 0 Å². The number of alkyl halides is 2. The lowest BCUT2D eigenvalue weighted by Gasteiger charge is -2.63. The third kappa shape index (κ3) is 2.04. The Kier molecular flexibility index (Phi) is 3.85. The van der Waals surface area contributed by atoms with Gasteiger partial charge >= 0.3 is 0 Å². The fourth-order valence-corrected chi connectivity index (χ4v) is 7.52. The Bertz CT molecular complexity index is 688. The minimum Gasteiger partial charge on any atom is -0.392 e. The molecule has 4 aliphatic rings. The van der Waals surface area contributed by atoms with Crippen LogP contribution in [0.5, 0.6) is 0 Å². The molecule has 138 valence electrons. The standard InChI is InChI=1S/C20H26Cl2O3/c1-10-6-12-13-8-15(21)14-7-11(23)4-5-19(14,3)20(13,22)16(24)9-18(12,2)17(10)25/h4-5,7,10,12-13,15-17,24-25H,6,8-9H2,1-3H3/t10-,12+,13+,15+,16+,17-,18+,19+,20+/m1/s1. The number of ketones is 1. The summed E-state index contributed by atoms with van der Waals surface area (Å²) in [7, 11) is 0. The van der Waals surface area contributed by atoms with Crippen molar-refractivity contribution in [3.05, 3.63) is 23.8 Å². The van der Waals surface area contributed by atoms with Gasteiger partial charge < -0.3 is 10.2 Å². The Morgan fingerprint density at radius 1 is 1.20 bits per heavy atom. The van der Waals surface area contributed by atoms with Crippen LogP contribution in [-0.4, -0.2) is 38.5 Å². The summed E-state index contributed by atoms with van der Waals surface area (Å²) in [6.07, 6.45) is 5.79.